The largest absolute Gasteiger partial charge is 0.369 e. The molecular formula is C10H13ClFNO. The number of nitrogens with two attached hydrogens (primary N) is 1. The van der Waals surface area contributed by atoms with Gasteiger partial charge >= 0.3 is 0 Å². The van der Waals surface area contributed by atoms with Crippen LogP contribution in [-0.2, 0) is 11.3 Å². The standard InChI is InChI=1S/C10H12FNO.ClH/c11-5-9-10(12)8-4-2-1-3-7(8)6-13-9;/h1-4,9-10H,5-6,12H2;1H/t9-,10+;/m1./s1. The van der Waals surface area contributed by atoms with Gasteiger partial charge in [0.25, 0.3) is 0 Å². The van der Waals surface area contributed by atoms with Crippen molar-refractivity contribution >= 4 is 12.4 Å². The highest BCUT2D eigenvalue weighted by molar-refractivity contribution is 5.85. The molecule has 1 aromatic rings. The molecule has 1 aliphatic rings. The quantitative estimate of drug-likeness (QED) is 0.781. The third-order valence-corrected chi connectivity index (χ3v) is 2.42. The van der Waals surface area contributed by atoms with Gasteiger partial charge in [-0.3, -0.25) is 0 Å². The van der Waals surface area contributed by atoms with Crippen molar-refractivity contribution in [1.29, 1.82) is 0 Å². The molecule has 0 aromatic heterocycles. The van der Waals surface area contributed by atoms with Crippen LogP contribution in [0.3, 0.4) is 0 Å². The minimum atomic E-state index is -0.518. The van der Waals surface area contributed by atoms with E-state index in [1.54, 1.807) is 0 Å². The summed E-state index contributed by atoms with van der Waals surface area (Å²) in [6.45, 7) is -0.0477. The Morgan fingerprint density at radius 2 is 2.14 bits per heavy atom. The van der Waals surface area contributed by atoms with E-state index in [0.717, 1.165) is 11.1 Å². The molecule has 1 aliphatic heterocycles. The lowest BCUT2D eigenvalue weighted by molar-refractivity contribution is -0.00557. The maximum Gasteiger partial charge on any atom is 0.117 e. The molecule has 0 fully saturated rings. The lowest BCUT2D eigenvalue weighted by Gasteiger charge is -2.29. The molecule has 0 saturated carbocycles. The second kappa shape index (κ2) is 4.73. The number of hydrogen-bond acceptors (Lipinski definition) is 2. The average molecular weight is 218 g/mol. The predicted octanol–water partition coefficient (Wildman–Crippen LogP) is 1.98. The zero-order valence-corrected chi connectivity index (χ0v) is 8.47. The summed E-state index contributed by atoms with van der Waals surface area (Å²) < 4.78 is 17.7. The number of fused-ring (bicyclic) bond motifs is 1. The van der Waals surface area contributed by atoms with Gasteiger partial charge in [0.15, 0.2) is 0 Å². The summed E-state index contributed by atoms with van der Waals surface area (Å²) in [4.78, 5) is 0. The molecular weight excluding hydrogens is 205 g/mol. The van der Waals surface area contributed by atoms with Gasteiger partial charge in [0.1, 0.15) is 12.8 Å². The third kappa shape index (κ3) is 1.90. The molecule has 2 N–H and O–H groups in total. The van der Waals surface area contributed by atoms with Crippen molar-refractivity contribution < 1.29 is 9.13 Å². The fraction of sp³-hybridized carbons (Fsp3) is 0.400. The van der Waals surface area contributed by atoms with Crippen molar-refractivity contribution in [3.05, 3.63) is 35.4 Å². The molecule has 2 atom stereocenters. The Bertz CT molecular complexity index is 308. The maximum atomic E-state index is 12.4. The number of alkyl halides is 1. The van der Waals surface area contributed by atoms with E-state index in [4.69, 9.17) is 10.5 Å². The molecule has 0 amide bonds. The minimum absolute atomic E-state index is 0. The van der Waals surface area contributed by atoms with Gasteiger partial charge in [0.05, 0.1) is 12.6 Å². The first kappa shape index (κ1) is 11.4. The third-order valence-electron chi connectivity index (χ3n) is 2.42. The second-order valence-corrected chi connectivity index (χ2v) is 3.23. The van der Waals surface area contributed by atoms with Gasteiger partial charge in [-0.25, -0.2) is 4.39 Å². The topological polar surface area (TPSA) is 35.2 Å². The Kier molecular flexibility index (Phi) is 3.86. The summed E-state index contributed by atoms with van der Waals surface area (Å²) in [5.74, 6) is 0. The average Bonchev–Trinajstić information content (AvgIpc) is 2.19. The van der Waals surface area contributed by atoms with Gasteiger partial charge in [0.2, 0.25) is 0 Å². The Labute approximate surface area is 88.7 Å². The second-order valence-electron chi connectivity index (χ2n) is 3.23. The Morgan fingerprint density at radius 1 is 1.43 bits per heavy atom. The molecule has 4 heteroatoms. The summed E-state index contributed by atoms with van der Waals surface area (Å²) in [7, 11) is 0. The van der Waals surface area contributed by atoms with E-state index in [1.165, 1.54) is 0 Å². The van der Waals surface area contributed by atoms with E-state index in [1.807, 2.05) is 24.3 Å². The molecule has 1 heterocycles. The lowest BCUT2D eigenvalue weighted by atomic mass is 9.95. The summed E-state index contributed by atoms with van der Waals surface area (Å²) >= 11 is 0. The van der Waals surface area contributed by atoms with Crippen LogP contribution < -0.4 is 5.73 Å². The van der Waals surface area contributed by atoms with Crippen molar-refractivity contribution in [2.45, 2.75) is 18.8 Å². The van der Waals surface area contributed by atoms with Gasteiger partial charge in [0, 0.05) is 0 Å². The number of ether oxygens (including phenoxy) is 1. The number of halogens is 2. The van der Waals surface area contributed by atoms with E-state index >= 15 is 0 Å². The Balaban J connectivity index is 0.000000980. The Morgan fingerprint density at radius 3 is 2.86 bits per heavy atom. The zero-order chi connectivity index (χ0) is 9.26. The van der Waals surface area contributed by atoms with E-state index < -0.39 is 12.8 Å². The summed E-state index contributed by atoms with van der Waals surface area (Å²) in [5.41, 5.74) is 7.92. The smallest absolute Gasteiger partial charge is 0.117 e. The fourth-order valence-corrected chi connectivity index (χ4v) is 1.63. The molecule has 2 nitrogen and oxygen atoms in total. The van der Waals surface area contributed by atoms with Gasteiger partial charge in [-0.1, -0.05) is 24.3 Å². The van der Waals surface area contributed by atoms with Crippen LogP contribution in [0.5, 0.6) is 0 Å². The van der Waals surface area contributed by atoms with E-state index in [-0.39, 0.29) is 18.4 Å². The molecule has 0 aliphatic carbocycles. The van der Waals surface area contributed by atoms with Crippen molar-refractivity contribution in [2.24, 2.45) is 5.73 Å². The van der Waals surface area contributed by atoms with Gasteiger partial charge in [-0.2, -0.15) is 0 Å². The molecule has 0 spiro atoms. The number of rotatable bonds is 1. The molecule has 14 heavy (non-hydrogen) atoms. The SMILES string of the molecule is Cl.N[C@H]1c2ccccc2CO[C@@H]1CF. The number of benzene rings is 1. The molecule has 78 valence electrons. The molecule has 0 radical (unpaired) electrons. The van der Waals surface area contributed by atoms with E-state index in [2.05, 4.69) is 0 Å². The summed E-state index contributed by atoms with van der Waals surface area (Å²) in [5, 5.41) is 0. The van der Waals surface area contributed by atoms with Crippen molar-refractivity contribution in [3.8, 4) is 0 Å². The predicted molar refractivity (Wildman–Crippen MR) is 55.2 cm³/mol. The van der Waals surface area contributed by atoms with Crippen LogP contribution in [0.15, 0.2) is 24.3 Å². The monoisotopic (exact) mass is 217 g/mol. The lowest BCUT2D eigenvalue weighted by Crippen LogP contribution is -2.35. The van der Waals surface area contributed by atoms with Crippen LogP contribution in [0.2, 0.25) is 0 Å². The highest BCUT2D eigenvalue weighted by Gasteiger charge is 2.26. The van der Waals surface area contributed by atoms with Gasteiger partial charge in [-0.15, -0.1) is 12.4 Å². The van der Waals surface area contributed by atoms with E-state index in [0.29, 0.717) is 6.61 Å². The van der Waals surface area contributed by atoms with Crippen LogP contribution in [0, 0.1) is 0 Å². The summed E-state index contributed by atoms with van der Waals surface area (Å²) in [6, 6.07) is 7.42. The van der Waals surface area contributed by atoms with Crippen LogP contribution in [-0.4, -0.2) is 12.8 Å². The maximum absolute atomic E-state index is 12.4. The molecule has 1 aromatic carbocycles. The fourth-order valence-electron chi connectivity index (χ4n) is 1.63. The van der Waals surface area contributed by atoms with Crippen molar-refractivity contribution in [2.75, 3.05) is 6.67 Å². The first-order valence-corrected chi connectivity index (χ1v) is 4.34. The molecule has 2 rings (SSSR count). The van der Waals surface area contributed by atoms with Crippen LogP contribution in [0.1, 0.15) is 17.2 Å². The first-order chi connectivity index (χ1) is 6.33. The van der Waals surface area contributed by atoms with Gasteiger partial charge in [-0.05, 0) is 11.1 Å². The van der Waals surface area contributed by atoms with Crippen molar-refractivity contribution in [3.63, 3.8) is 0 Å². The van der Waals surface area contributed by atoms with Crippen LogP contribution in [0.4, 0.5) is 4.39 Å². The van der Waals surface area contributed by atoms with Crippen LogP contribution >= 0.6 is 12.4 Å². The van der Waals surface area contributed by atoms with Crippen LogP contribution in [0.25, 0.3) is 0 Å². The highest BCUT2D eigenvalue weighted by atomic mass is 35.5. The summed E-state index contributed by atoms with van der Waals surface area (Å²) in [6.07, 6.45) is -0.477. The van der Waals surface area contributed by atoms with Gasteiger partial charge < -0.3 is 10.5 Å². The van der Waals surface area contributed by atoms with E-state index in [9.17, 15) is 4.39 Å². The highest BCUT2D eigenvalue weighted by Crippen LogP contribution is 2.27. The molecule has 0 saturated heterocycles. The molecule has 0 bridgehead atoms. The number of hydrogen-bond donors (Lipinski definition) is 1. The first-order valence-electron chi connectivity index (χ1n) is 4.34. The van der Waals surface area contributed by atoms with Crippen molar-refractivity contribution in [1.82, 2.24) is 0 Å². The molecule has 0 unspecified atom stereocenters. The zero-order valence-electron chi connectivity index (χ0n) is 7.65. The normalized spacial score (nSPS) is 25.0. The Hall–Kier alpha value is -0.640. The minimum Gasteiger partial charge on any atom is -0.369 e.